The first-order chi connectivity index (χ1) is 15.9. The standard InChI is InChI=1S/C28H31N5/c1-18-9-23(26-8-7-25-19(2)5-6-27(25)21(26)4)17-32(14-18)15-22-12-31-33(16-22)28-10-20(3)24(11-29)13-30-28/h7-8,10,12-13,16,18,23H,2,5-6,9,14-15,17H2,1,3-4H3. The summed E-state index contributed by atoms with van der Waals surface area (Å²) in [4.78, 5) is 6.98. The Hall–Kier alpha value is -3.23. The Labute approximate surface area is 196 Å². The molecule has 5 nitrogen and oxygen atoms in total. The van der Waals surface area contributed by atoms with Crippen molar-refractivity contribution in [3.63, 3.8) is 0 Å². The van der Waals surface area contributed by atoms with Gasteiger partial charge in [0, 0.05) is 37.6 Å². The van der Waals surface area contributed by atoms with E-state index in [1.54, 1.807) is 6.20 Å². The van der Waals surface area contributed by atoms with E-state index in [0.717, 1.165) is 43.9 Å². The van der Waals surface area contributed by atoms with E-state index in [4.69, 9.17) is 5.26 Å². The number of fused-ring (bicyclic) bond motifs is 1. The number of nitrogens with zero attached hydrogens (tertiary/aromatic N) is 5. The van der Waals surface area contributed by atoms with Gasteiger partial charge in [0.2, 0.25) is 0 Å². The van der Waals surface area contributed by atoms with Crippen molar-refractivity contribution in [3.05, 3.63) is 82.3 Å². The molecule has 2 unspecified atom stereocenters. The van der Waals surface area contributed by atoms with Crippen LogP contribution in [0.25, 0.3) is 11.4 Å². The molecular formula is C28H31N5. The summed E-state index contributed by atoms with van der Waals surface area (Å²) in [6.07, 6.45) is 9.11. The summed E-state index contributed by atoms with van der Waals surface area (Å²) >= 11 is 0. The number of nitriles is 1. The van der Waals surface area contributed by atoms with E-state index in [1.165, 1.54) is 39.8 Å². The van der Waals surface area contributed by atoms with Gasteiger partial charge in [-0.3, -0.25) is 4.90 Å². The lowest BCUT2D eigenvalue weighted by molar-refractivity contribution is 0.156. The maximum Gasteiger partial charge on any atom is 0.153 e. The van der Waals surface area contributed by atoms with Crippen molar-refractivity contribution in [3.8, 4) is 11.9 Å². The van der Waals surface area contributed by atoms with Gasteiger partial charge in [-0.1, -0.05) is 25.6 Å². The van der Waals surface area contributed by atoms with E-state index in [2.05, 4.69) is 59.8 Å². The van der Waals surface area contributed by atoms with E-state index < -0.39 is 0 Å². The number of piperidine rings is 1. The molecule has 0 saturated carbocycles. The maximum atomic E-state index is 9.14. The van der Waals surface area contributed by atoms with Crippen LogP contribution in [-0.4, -0.2) is 32.8 Å². The fourth-order valence-electron chi connectivity index (χ4n) is 5.71. The summed E-state index contributed by atoms with van der Waals surface area (Å²) in [6, 6.07) is 8.76. The number of pyridine rings is 1. The summed E-state index contributed by atoms with van der Waals surface area (Å²) in [6.45, 7) is 13.9. The average molecular weight is 438 g/mol. The number of likely N-dealkylation sites (tertiary alicyclic amines) is 1. The molecule has 168 valence electrons. The second kappa shape index (κ2) is 8.61. The molecule has 33 heavy (non-hydrogen) atoms. The van der Waals surface area contributed by atoms with Crippen molar-refractivity contribution < 1.29 is 0 Å². The molecule has 0 N–H and O–H groups in total. The highest BCUT2D eigenvalue weighted by atomic mass is 15.3. The number of aryl methyl sites for hydroxylation is 1. The van der Waals surface area contributed by atoms with Crippen molar-refractivity contribution in [2.75, 3.05) is 13.1 Å². The van der Waals surface area contributed by atoms with E-state index in [0.29, 0.717) is 17.4 Å². The van der Waals surface area contributed by atoms with Gasteiger partial charge < -0.3 is 0 Å². The fourth-order valence-corrected chi connectivity index (χ4v) is 5.71. The summed E-state index contributed by atoms with van der Waals surface area (Å²) in [5.74, 6) is 1.97. The molecule has 5 rings (SSSR count). The van der Waals surface area contributed by atoms with Crippen LogP contribution < -0.4 is 0 Å². The fraction of sp³-hybridized carbons (Fsp3) is 0.393. The van der Waals surface area contributed by atoms with Crippen LogP contribution >= 0.6 is 0 Å². The van der Waals surface area contributed by atoms with Crippen LogP contribution in [0, 0.1) is 31.1 Å². The second-order valence-corrected chi connectivity index (χ2v) is 9.90. The number of rotatable bonds is 4. The molecule has 0 spiro atoms. The highest BCUT2D eigenvalue weighted by Crippen LogP contribution is 2.39. The molecular weight excluding hydrogens is 406 g/mol. The van der Waals surface area contributed by atoms with Crippen LogP contribution in [0.2, 0.25) is 0 Å². The topological polar surface area (TPSA) is 57.7 Å². The van der Waals surface area contributed by atoms with Crippen LogP contribution in [0.3, 0.4) is 0 Å². The van der Waals surface area contributed by atoms with E-state index in [9.17, 15) is 0 Å². The number of aromatic nitrogens is 3. The molecule has 1 fully saturated rings. The van der Waals surface area contributed by atoms with E-state index >= 15 is 0 Å². The van der Waals surface area contributed by atoms with E-state index in [-0.39, 0.29) is 0 Å². The molecule has 2 aromatic heterocycles. The molecule has 1 aromatic carbocycles. The highest BCUT2D eigenvalue weighted by molar-refractivity contribution is 5.72. The zero-order valence-corrected chi connectivity index (χ0v) is 19.8. The normalized spacial score (nSPS) is 20.6. The van der Waals surface area contributed by atoms with Crippen LogP contribution in [0.4, 0.5) is 0 Å². The first-order valence-corrected chi connectivity index (χ1v) is 11.9. The Bertz CT molecular complexity index is 1260. The minimum absolute atomic E-state index is 0.561. The Morgan fingerprint density at radius 3 is 2.82 bits per heavy atom. The Kier molecular flexibility index (Phi) is 5.64. The summed E-state index contributed by atoms with van der Waals surface area (Å²) < 4.78 is 1.81. The molecule has 1 aliphatic carbocycles. The zero-order chi connectivity index (χ0) is 23.1. The van der Waals surface area contributed by atoms with Crippen LogP contribution in [0.5, 0.6) is 0 Å². The average Bonchev–Trinajstić information content (AvgIpc) is 3.41. The van der Waals surface area contributed by atoms with Gasteiger partial charge in [-0.25, -0.2) is 9.67 Å². The summed E-state index contributed by atoms with van der Waals surface area (Å²) in [7, 11) is 0. The van der Waals surface area contributed by atoms with Crippen molar-refractivity contribution >= 4 is 5.57 Å². The minimum atomic E-state index is 0.561. The smallest absolute Gasteiger partial charge is 0.153 e. The second-order valence-electron chi connectivity index (χ2n) is 9.90. The van der Waals surface area contributed by atoms with Crippen LogP contribution in [0.15, 0.2) is 43.4 Å². The van der Waals surface area contributed by atoms with Gasteiger partial charge >= 0.3 is 0 Å². The van der Waals surface area contributed by atoms with Gasteiger partial charge in [-0.05, 0) is 84.4 Å². The molecule has 1 saturated heterocycles. The SMILES string of the molecule is C=C1CCc2c1ccc(C1CC(C)CN(Cc3cnn(-c4cc(C)c(C#N)cn4)c3)C1)c2C. The first kappa shape index (κ1) is 21.6. The molecule has 5 heteroatoms. The number of hydrogen-bond donors (Lipinski definition) is 0. The predicted molar refractivity (Wildman–Crippen MR) is 131 cm³/mol. The van der Waals surface area contributed by atoms with Gasteiger partial charge in [-0.2, -0.15) is 10.4 Å². The minimum Gasteiger partial charge on any atom is -0.298 e. The molecule has 2 aliphatic rings. The third-order valence-electron chi connectivity index (χ3n) is 7.37. The molecule has 1 aliphatic heterocycles. The molecule has 0 bridgehead atoms. The molecule has 0 radical (unpaired) electrons. The first-order valence-electron chi connectivity index (χ1n) is 11.9. The lowest BCUT2D eigenvalue weighted by Crippen LogP contribution is -2.38. The Balaban J connectivity index is 1.33. The predicted octanol–water partition coefficient (Wildman–Crippen LogP) is 5.34. The Morgan fingerprint density at radius 1 is 1.18 bits per heavy atom. The maximum absolute atomic E-state index is 9.14. The zero-order valence-electron chi connectivity index (χ0n) is 19.8. The van der Waals surface area contributed by atoms with Gasteiger partial charge in [0.1, 0.15) is 6.07 Å². The number of allylic oxidation sites excluding steroid dienone is 1. The monoisotopic (exact) mass is 437 g/mol. The summed E-state index contributed by atoms with van der Waals surface area (Å²) in [5, 5.41) is 13.7. The lowest BCUT2D eigenvalue weighted by Gasteiger charge is -2.37. The molecule has 3 aromatic rings. The van der Waals surface area contributed by atoms with Crippen molar-refractivity contribution in [1.82, 2.24) is 19.7 Å². The quantitative estimate of drug-likeness (QED) is 0.553. The van der Waals surface area contributed by atoms with Crippen LogP contribution in [-0.2, 0) is 13.0 Å². The third-order valence-corrected chi connectivity index (χ3v) is 7.37. The highest BCUT2D eigenvalue weighted by Gasteiger charge is 2.29. The van der Waals surface area contributed by atoms with E-state index in [1.807, 2.05) is 23.9 Å². The third kappa shape index (κ3) is 4.12. The van der Waals surface area contributed by atoms with Gasteiger partial charge in [-0.15, -0.1) is 0 Å². The largest absolute Gasteiger partial charge is 0.298 e. The van der Waals surface area contributed by atoms with Crippen LogP contribution in [0.1, 0.15) is 64.6 Å². The molecule has 0 amide bonds. The summed E-state index contributed by atoms with van der Waals surface area (Å²) in [5.41, 5.74) is 9.92. The van der Waals surface area contributed by atoms with Crippen molar-refractivity contribution in [2.45, 2.75) is 52.5 Å². The van der Waals surface area contributed by atoms with Crippen molar-refractivity contribution in [1.29, 1.82) is 5.26 Å². The Morgan fingerprint density at radius 2 is 2.03 bits per heavy atom. The lowest BCUT2D eigenvalue weighted by atomic mass is 9.81. The van der Waals surface area contributed by atoms with Gasteiger partial charge in [0.15, 0.2) is 5.82 Å². The molecule has 3 heterocycles. The molecule has 2 atom stereocenters. The number of hydrogen-bond acceptors (Lipinski definition) is 4. The van der Waals surface area contributed by atoms with Gasteiger partial charge in [0.25, 0.3) is 0 Å². The van der Waals surface area contributed by atoms with Gasteiger partial charge in [0.05, 0.1) is 11.8 Å². The van der Waals surface area contributed by atoms with Crippen molar-refractivity contribution in [2.24, 2.45) is 5.92 Å². The number of benzene rings is 1.